The number of aliphatic hydroxyl groups is 1. The van der Waals surface area contributed by atoms with Crippen LogP contribution in [0.4, 0.5) is 0 Å². The van der Waals surface area contributed by atoms with Crippen molar-refractivity contribution in [2.45, 2.75) is 38.8 Å². The van der Waals surface area contributed by atoms with E-state index in [4.69, 9.17) is 5.11 Å². The molecule has 1 saturated heterocycles. The number of hydrogen-bond donors (Lipinski definition) is 1. The molecule has 60 valence electrons. The standard InChI is InChI=1S/C8H17NO/c1-8(2,3)9-5-4-7(9)6-10/h7,10H,4-6H2,1-3H3/t7-/m0/s1. The van der Waals surface area contributed by atoms with E-state index in [0.717, 1.165) is 13.0 Å². The van der Waals surface area contributed by atoms with E-state index >= 15 is 0 Å². The lowest BCUT2D eigenvalue weighted by atomic mass is 9.94. The first-order valence-corrected chi connectivity index (χ1v) is 3.93. The van der Waals surface area contributed by atoms with Crippen LogP contribution < -0.4 is 0 Å². The molecule has 0 unspecified atom stereocenters. The monoisotopic (exact) mass is 143 g/mol. The highest BCUT2D eigenvalue weighted by molar-refractivity contribution is 4.90. The SMILES string of the molecule is CC(C)(C)N1CC[C@H]1CO. The van der Waals surface area contributed by atoms with Gasteiger partial charge < -0.3 is 5.11 Å². The Labute approximate surface area is 62.8 Å². The molecule has 1 rings (SSSR count). The summed E-state index contributed by atoms with van der Waals surface area (Å²) in [6, 6.07) is 0.431. The van der Waals surface area contributed by atoms with Gasteiger partial charge in [-0.05, 0) is 27.2 Å². The summed E-state index contributed by atoms with van der Waals surface area (Å²) in [5, 5.41) is 8.88. The van der Waals surface area contributed by atoms with Crippen LogP contribution in [0.5, 0.6) is 0 Å². The van der Waals surface area contributed by atoms with Crippen LogP contribution >= 0.6 is 0 Å². The molecule has 10 heavy (non-hydrogen) atoms. The highest BCUT2D eigenvalue weighted by atomic mass is 16.3. The van der Waals surface area contributed by atoms with E-state index in [1.165, 1.54) is 0 Å². The van der Waals surface area contributed by atoms with Crippen molar-refractivity contribution >= 4 is 0 Å². The number of likely N-dealkylation sites (tertiary alicyclic amines) is 1. The van der Waals surface area contributed by atoms with Gasteiger partial charge in [-0.3, -0.25) is 4.90 Å². The molecule has 0 spiro atoms. The van der Waals surface area contributed by atoms with Crippen molar-refractivity contribution in [3.8, 4) is 0 Å². The molecule has 0 aromatic heterocycles. The molecule has 2 heteroatoms. The van der Waals surface area contributed by atoms with Crippen molar-refractivity contribution in [1.29, 1.82) is 0 Å². The highest BCUT2D eigenvalue weighted by Gasteiger charge is 2.34. The maximum absolute atomic E-state index is 8.88. The molecule has 0 bridgehead atoms. The molecule has 1 heterocycles. The fraction of sp³-hybridized carbons (Fsp3) is 1.00. The average Bonchev–Trinajstić information content (AvgIpc) is 1.57. The van der Waals surface area contributed by atoms with Gasteiger partial charge in [-0.2, -0.15) is 0 Å². The lowest BCUT2D eigenvalue weighted by Gasteiger charge is -2.48. The smallest absolute Gasteiger partial charge is 0.0587 e. The second-order valence-electron chi connectivity index (χ2n) is 3.99. The molecule has 1 aliphatic rings. The third-order valence-electron chi connectivity index (χ3n) is 2.22. The summed E-state index contributed by atoms with van der Waals surface area (Å²) in [4.78, 5) is 2.34. The van der Waals surface area contributed by atoms with E-state index in [2.05, 4.69) is 25.7 Å². The number of hydrogen-bond acceptors (Lipinski definition) is 2. The Morgan fingerprint density at radius 3 is 2.20 bits per heavy atom. The van der Waals surface area contributed by atoms with Crippen LogP contribution in [0.1, 0.15) is 27.2 Å². The van der Waals surface area contributed by atoms with Crippen LogP contribution in [0.2, 0.25) is 0 Å². The van der Waals surface area contributed by atoms with Crippen LogP contribution in [0.15, 0.2) is 0 Å². The van der Waals surface area contributed by atoms with Crippen LogP contribution in [-0.2, 0) is 0 Å². The van der Waals surface area contributed by atoms with Crippen LogP contribution in [-0.4, -0.2) is 34.7 Å². The molecule has 0 aromatic carbocycles. The van der Waals surface area contributed by atoms with Gasteiger partial charge in [0, 0.05) is 18.1 Å². The Morgan fingerprint density at radius 2 is 2.10 bits per heavy atom. The molecule has 0 radical (unpaired) electrons. The molecule has 0 aliphatic carbocycles. The molecule has 0 amide bonds. The van der Waals surface area contributed by atoms with Gasteiger partial charge in [-0.1, -0.05) is 0 Å². The predicted molar refractivity (Wildman–Crippen MR) is 41.9 cm³/mol. The topological polar surface area (TPSA) is 23.5 Å². The first-order chi connectivity index (χ1) is 4.55. The summed E-state index contributed by atoms with van der Waals surface area (Å²) in [7, 11) is 0. The van der Waals surface area contributed by atoms with Gasteiger partial charge in [0.25, 0.3) is 0 Å². The first-order valence-electron chi connectivity index (χ1n) is 3.93. The van der Waals surface area contributed by atoms with E-state index in [1.54, 1.807) is 0 Å². The maximum Gasteiger partial charge on any atom is 0.0587 e. The van der Waals surface area contributed by atoms with Crippen LogP contribution in [0.3, 0.4) is 0 Å². The largest absolute Gasteiger partial charge is 0.395 e. The predicted octanol–water partition coefficient (Wildman–Crippen LogP) is 0.852. The van der Waals surface area contributed by atoms with Gasteiger partial charge in [-0.25, -0.2) is 0 Å². The minimum absolute atomic E-state index is 0.242. The summed E-state index contributed by atoms with van der Waals surface area (Å²) in [6.45, 7) is 8.03. The van der Waals surface area contributed by atoms with Gasteiger partial charge >= 0.3 is 0 Å². The lowest BCUT2D eigenvalue weighted by Crippen LogP contribution is -2.58. The number of aliphatic hydroxyl groups excluding tert-OH is 1. The number of rotatable bonds is 1. The lowest BCUT2D eigenvalue weighted by molar-refractivity contribution is -0.0261. The third-order valence-corrected chi connectivity index (χ3v) is 2.22. The minimum atomic E-state index is 0.242. The average molecular weight is 143 g/mol. The first kappa shape index (κ1) is 8.02. The van der Waals surface area contributed by atoms with Crippen molar-refractivity contribution in [1.82, 2.24) is 4.90 Å². The summed E-state index contributed by atoms with van der Waals surface area (Å²) in [5.74, 6) is 0. The second-order valence-corrected chi connectivity index (χ2v) is 3.99. The van der Waals surface area contributed by atoms with Gasteiger partial charge in [-0.15, -0.1) is 0 Å². The fourth-order valence-corrected chi connectivity index (χ4v) is 1.51. The molecular formula is C8H17NO. The van der Waals surface area contributed by atoms with Gasteiger partial charge in [0.15, 0.2) is 0 Å². The molecule has 0 aromatic rings. The van der Waals surface area contributed by atoms with Gasteiger partial charge in [0.2, 0.25) is 0 Å². The summed E-state index contributed by atoms with van der Waals surface area (Å²) < 4.78 is 0. The van der Waals surface area contributed by atoms with E-state index < -0.39 is 0 Å². The molecule has 0 saturated carbocycles. The Bertz CT molecular complexity index is 115. The van der Waals surface area contributed by atoms with Gasteiger partial charge in [0.05, 0.1) is 6.61 Å². The van der Waals surface area contributed by atoms with Crippen molar-refractivity contribution in [2.24, 2.45) is 0 Å². The summed E-state index contributed by atoms with van der Waals surface area (Å²) >= 11 is 0. The van der Waals surface area contributed by atoms with Crippen molar-refractivity contribution < 1.29 is 5.11 Å². The van der Waals surface area contributed by atoms with Crippen molar-refractivity contribution in [3.05, 3.63) is 0 Å². The van der Waals surface area contributed by atoms with Crippen molar-refractivity contribution in [2.75, 3.05) is 13.2 Å². The normalized spacial score (nSPS) is 28.2. The molecule has 1 N–H and O–H groups in total. The fourth-order valence-electron chi connectivity index (χ4n) is 1.51. The number of nitrogens with zero attached hydrogens (tertiary/aromatic N) is 1. The van der Waals surface area contributed by atoms with Crippen molar-refractivity contribution in [3.63, 3.8) is 0 Å². The zero-order chi connectivity index (χ0) is 7.78. The highest BCUT2D eigenvalue weighted by Crippen LogP contribution is 2.26. The minimum Gasteiger partial charge on any atom is -0.395 e. The molecular weight excluding hydrogens is 126 g/mol. The Kier molecular flexibility index (Phi) is 2.02. The van der Waals surface area contributed by atoms with Crippen LogP contribution in [0.25, 0.3) is 0 Å². The molecule has 1 fully saturated rings. The maximum atomic E-state index is 8.88. The quantitative estimate of drug-likeness (QED) is 0.588. The van der Waals surface area contributed by atoms with Crippen LogP contribution in [0, 0.1) is 0 Å². The second kappa shape index (κ2) is 2.51. The molecule has 1 atom stereocenters. The third kappa shape index (κ3) is 1.32. The van der Waals surface area contributed by atoms with E-state index in [9.17, 15) is 0 Å². The zero-order valence-electron chi connectivity index (χ0n) is 7.09. The van der Waals surface area contributed by atoms with Gasteiger partial charge in [0.1, 0.15) is 0 Å². The molecule has 1 aliphatic heterocycles. The Morgan fingerprint density at radius 1 is 1.50 bits per heavy atom. The molecule has 2 nitrogen and oxygen atoms in total. The van der Waals surface area contributed by atoms with E-state index in [0.29, 0.717) is 12.6 Å². The van der Waals surface area contributed by atoms with E-state index in [-0.39, 0.29) is 5.54 Å². The summed E-state index contributed by atoms with van der Waals surface area (Å²) in [6.07, 6.45) is 1.16. The Hall–Kier alpha value is -0.0800. The Balaban J connectivity index is 2.43. The zero-order valence-corrected chi connectivity index (χ0v) is 7.09. The summed E-state index contributed by atoms with van der Waals surface area (Å²) in [5.41, 5.74) is 0.242. The van der Waals surface area contributed by atoms with E-state index in [1.807, 2.05) is 0 Å².